The fourth-order valence-electron chi connectivity index (χ4n) is 4.54. The minimum Gasteiger partial charge on any atom is -0.347 e. The number of imidazole rings is 1. The van der Waals surface area contributed by atoms with Crippen molar-refractivity contribution in [3.05, 3.63) is 72.3 Å². The van der Waals surface area contributed by atoms with E-state index in [4.69, 9.17) is 4.98 Å². The number of para-hydroxylation sites is 2. The Morgan fingerprint density at radius 1 is 1.09 bits per heavy atom. The van der Waals surface area contributed by atoms with E-state index in [0.29, 0.717) is 18.8 Å². The number of H-pyrrole nitrogens is 1. The highest BCUT2D eigenvalue weighted by atomic mass is 16.2. The Labute approximate surface area is 193 Å². The van der Waals surface area contributed by atoms with Crippen molar-refractivity contribution in [3.63, 3.8) is 0 Å². The van der Waals surface area contributed by atoms with E-state index >= 15 is 0 Å². The zero-order chi connectivity index (χ0) is 22.8. The first-order valence-electron chi connectivity index (χ1n) is 11.4. The van der Waals surface area contributed by atoms with E-state index in [0.717, 1.165) is 53.1 Å². The van der Waals surface area contributed by atoms with E-state index in [1.807, 2.05) is 72.6 Å². The highest BCUT2D eigenvalue weighted by Gasteiger charge is 2.33. The van der Waals surface area contributed by atoms with Crippen molar-refractivity contribution in [1.82, 2.24) is 24.8 Å². The molecule has 33 heavy (non-hydrogen) atoms. The predicted octanol–water partition coefficient (Wildman–Crippen LogP) is 4.38. The summed E-state index contributed by atoms with van der Waals surface area (Å²) in [5.74, 6) is 1.65. The van der Waals surface area contributed by atoms with Gasteiger partial charge in [-0.25, -0.2) is 15.0 Å². The molecule has 0 unspecified atom stereocenters. The summed E-state index contributed by atoms with van der Waals surface area (Å²) in [6.07, 6.45) is 4.77. The van der Waals surface area contributed by atoms with Crippen LogP contribution in [0, 0.1) is 0 Å². The molecular weight excluding hydrogens is 412 g/mol. The number of benzene rings is 2. The van der Waals surface area contributed by atoms with Crippen molar-refractivity contribution < 1.29 is 4.79 Å². The van der Waals surface area contributed by atoms with Crippen LogP contribution in [-0.4, -0.2) is 51.4 Å². The first-order chi connectivity index (χ1) is 16.1. The maximum absolute atomic E-state index is 13.3. The largest absolute Gasteiger partial charge is 0.347 e. The molecule has 1 aliphatic heterocycles. The number of carbonyl (C=O) groups is 1. The number of likely N-dealkylation sites (tertiary alicyclic amines) is 1. The summed E-state index contributed by atoms with van der Waals surface area (Å²) < 4.78 is 0. The summed E-state index contributed by atoms with van der Waals surface area (Å²) in [5, 5.41) is 0. The summed E-state index contributed by atoms with van der Waals surface area (Å²) in [6.45, 7) is 0.749. The van der Waals surface area contributed by atoms with Gasteiger partial charge in [-0.05, 0) is 30.5 Å². The first-order valence-corrected chi connectivity index (χ1v) is 11.4. The van der Waals surface area contributed by atoms with Crippen molar-refractivity contribution in [2.24, 2.45) is 0 Å². The van der Waals surface area contributed by atoms with Crippen LogP contribution in [0.4, 0.5) is 5.95 Å². The summed E-state index contributed by atoms with van der Waals surface area (Å²) in [4.78, 5) is 34.6. The van der Waals surface area contributed by atoms with Gasteiger partial charge in [0.25, 0.3) is 0 Å². The molecule has 2 aromatic carbocycles. The van der Waals surface area contributed by atoms with Gasteiger partial charge in [-0.15, -0.1) is 0 Å². The number of hydrogen-bond acceptors (Lipinski definition) is 5. The summed E-state index contributed by atoms with van der Waals surface area (Å²) in [7, 11) is 3.87. The molecule has 0 bridgehead atoms. The number of nitrogens with one attached hydrogen (secondary N) is 1. The SMILES string of the molecule is CN(C)c1ncc(-c2ccccc2)c([C@@H]2CCCN2C(=O)CCc2nc3ccccc3[nH]2)n1. The number of carbonyl (C=O) groups excluding carboxylic acids is 1. The Bertz CT molecular complexity index is 1230. The van der Waals surface area contributed by atoms with Gasteiger partial charge in [0.1, 0.15) is 5.82 Å². The van der Waals surface area contributed by atoms with Gasteiger partial charge < -0.3 is 14.8 Å². The van der Waals surface area contributed by atoms with Crippen molar-refractivity contribution in [2.75, 3.05) is 25.5 Å². The van der Waals surface area contributed by atoms with Crippen LogP contribution in [0.15, 0.2) is 60.8 Å². The van der Waals surface area contributed by atoms with Crippen LogP contribution >= 0.6 is 0 Å². The lowest BCUT2D eigenvalue weighted by atomic mass is 9.99. The zero-order valence-electron chi connectivity index (χ0n) is 19.0. The number of aryl methyl sites for hydroxylation is 1. The van der Waals surface area contributed by atoms with Crippen LogP contribution < -0.4 is 4.90 Å². The lowest BCUT2D eigenvalue weighted by molar-refractivity contribution is -0.132. The zero-order valence-corrected chi connectivity index (χ0v) is 19.0. The summed E-state index contributed by atoms with van der Waals surface area (Å²) >= 11 is 0. The van der Waals surface area contributed by atoms with Crippen molar-refractivity contribution in [2.45, 2.75) is 31.7 Å². The molecule has 7 nitrogen and oxygen atoms in total. The molecular formula is C26H28N6O. The predicted molar refractivity (Wildman–Crippen MR) is 130 cm³/mol. The van der Waals surface area contributed by atoms with Crippen molar-refractivity contribution >= 4 is 22.9 Å². The summed E-state index contributed by atoms with van der Waals surface area (Å²) in [6, 6.07) is 18.1. The van der Waals surface area contributed by atoms with Gasteiger partial charge in [-0.2, -0.15) is 0 Å². The number of anilines is 1. The van der Waals surface area contributed by atoms with Gasteiger partial charge >= 0.3 is 0 Å². The minimum absolute atomic E-state index is 0.0509. The molecule has 0 aliphatic carbocycles. The fourth-order valence-corrected chi connectivity index (χ4v) is 4.54. The van der Waals surface area contributed by atoms with Crippen LogP contribution in [0.3, 0.4) is 0 Å². The molecule has 0 spiro atoms. The Balaban J connectivity index is 1.40. The highest BCUT2D eigenvalue weighted by molar-refractivity contribution is 5.79. The second-order valence-electron chi connectivity index (χ2n) is 8.68. The van der Waals surface area contributed by atoms with E-state index in [1.54, 1.807) is 0 Å². The topological polar surface area (TPSA) is 78.0 Å². The molecule has 1 N–H and O–H groups in total. The van der Waals surface area contributed by atoms with Gasteiger partial charge in [0.05, 0.1) is 22.8 Å². The van der Waals surface area contributed by atoms with E-state index < -0.39 is 0 Å². The molecule has 1 amide bonds. The Kier molecular flexibility index (Phi) is 5.77. The van der Waals surface area contributed by atoms with Gasteiger partial charge in [-0.1, -0.05) is 42.5 Å². The number of hydrogen-bond donors (Lipinski definition) is 1. The molecule has 1 fully saturated rings. The first kappa shape index (κ1) is 21.1. The third kappa shape index (κ3) is 4.31. The number of amides is 1. The Morgan fingerprint density at radius 2 is 1.88 bits per heavy atom. The normalized spacial score (nSPS) is 15.8. The second kappa shape index (κ2) is 9.02. The molecule has 1 atom stereocenters. The average molecular weight is 441 g/mol. The van der Waals surface area contributed by atoms with Crippen LogP contribution in [-0.2, 0) is 11.2 Å². The lowest BCUT2D eigenvalue weighted by Crippen LogP contribution is -2.32. The van der Waals surface area contributed by atoms with E-state index in [2.05, 4.69) is 27.1 Å². The van der Waals surface area contributed by atoms with E-state index in [9.17, 15) is 4.79 Å². The van der Waals surface area contributed by atoms with Gasteiger partial charge in [0.15, 0.2) is 0 Å². The fraction of sp³-hybridized carbons (Fsp3) is 0.308. The number of aromatic nitrogens is 4. The molecule has 1 aliphatic rings. The molecule has 5 rings (SSSR count). The van der Waals surface area contributed by atoms with Crippen LogP contribution in [0.5, 0.6) is 0 Å². The maximum Gasteiger partial charge on any atom is 0.225 e. The van der Waals surface area contributed by atoms with Crippen molar-refractivity contribution in [3.8, 4) is 11.1 Å². The van der Waals surface area contributed by atoms with Crippen LogP contribution in [0.1, 0.15) is 36.8 Å². The maximum atomic E-state index is 13.3. The molecule has 3 heterocycles. The van der Waals surface area contributed by atoms with Gasteiger partial charge in [-0.3, -0.25) is 4.79 Å². The molecule has 7 heteroatoms. The minimum atomic E-state index is -0.0509. The molecule has 2 aromatic heterocycles. The molecule has 0 radical (unpaired) electrons. The molecule has 1 saturated heterocycles. The summed E-state index contributed by atoms with van der Waals surface area (Å²) in [5.41, 5.74) is 4.92. The number of nitrogens with zero attached hydrogens (tertiary/aromatic N) is 5. The number of rotatable bonds is 6. The standard InChI is InChI=1S/C26H28N6O/c1-31(2)26-27-17-19(18-9-4-3-5-10-18)25(30-26)22-13-8-16-32(22)24(33)15-14-23-28-20-11-6-7-12-21(20)29-23/h3-7,9-12,17,22H,8,13-16H2,1-2H3,(H,28,29)/t22-/m0/s1. The second-order valence-corrected chi connectivity index (χ2v) is 8.68. The van der Waals surface area contributed by atoms with Crippen LogP contribution in [0.2, 0.25) is 0 Å². The van der Waals surface area contributed by atoms with E-state index in [-0.39, 0.29) is 11.9 Å². The number of aromatic amines is 1. The average Bonchev–Trinajstić information content (AvgIpc) is 3.50. The van der Waals surface area contributed by atoms with Gasteiger partial charge in [0.2, 0.25) is 11.9 Å². The molecule has 168 valence electrons. The lowest BCUT2D eigenvalue weighted by Gasteiger charge is -2.27. The van der Waals surface area contributed by atoms with Gasteiger partial charge in [0, 0.05) is 45.2 Å². The molecule has 0 saturated carbocycles. The van der Waals surface area contributed by atoms with Crippen LogP contribution in [0.25, 0.3) is 22.2 Å². The smallest absolute Gasteiger partial charge is 0.225 e. The number of fused-ring (bicyclic) bond motifs is 1. The Hall–Kier alpha value is -3.74. The quantitative estimate of drug-likeness (QED) is 0.481. The monoisotopic (exact) mass is 440 g/mol. The third-order valence-electron chi connectivity index (χ3n) is 6.19. The highest BCUT2D eigenvalue weighted by Crippen LogP contribution is 2.37. The van der Waals surface area contributed by atoms with E-state index in [1.165, 1.54) is 0 Å². The Morgan fingerprint density at radius 3 is 2.67 bits per heavy atom. The molecule has 4 aromatic rings. The van der Waals surface area contributed by atoms with Crippen molar-refractivity contribution in [1.29, 1.82) is 0 Å². The third-order valence-corrected chi connectivity index (χ3v) is 6.19.